The Bertz CT molecular complexity index is 1020. The van der Waals surface area contributed by atoms with Gasteiger partial charge in [-0.2, -0.15) is 0 Å². The number of rotatable bonds is 6. The van der Waals surface area contributed by atoms with E-state index in [2.05, 4.69) is 10.3 Å². The summed E-state index contributed by atoms with van der Waals surface area (Å²) in [6, 6.07) is 14.6. The highest BCUT2D eigenvalue weighted by Gasteiger charge is 2.35. The monoisotopic (exact) mass is 423 g/mol. The van der Waals surface area contributed by atoms with E-state index in [4.69, 9.17) is 4.74 Å². The molecule has 0 spiro atoms. The summed E-state index contributed by atoms with van der Waals surface area (Å²) < 4.78 is 5.23. The van der Waals surface area contributed by atoms with Crippen molar-refractivity contribution in [2.45, 2.75) is 33.5 Å². The standard InChI is InChI=1S/C23H25N3O5/c1-14(2)19-17-11-7-8-15(3)20(17)26(12-18(27)28)22(29)21(24-19)25-23(30)31-13-16-9-5-4-6-10-16/h4-11,14,21H,12-13H2,1-3H3,(H,25,30)(H,27,28)/t21-/m1/s1. The summed E-state index contributed by atoms with van der Waals surface area (Å²) in [4.78, 5) is 42.8. The predicted molar refractivity (Wildman–Crippen MR) is 116 cm³/mol. The van der Waals surface area contributed by atoms with E-state index in [0.29, 0.717) is 17.0 Å². The molecule has 0 unspecified atom stereocenters. The molecular formula is C23H25N3O5. The van der Waals surface area contributed by atoms with Crippen molar-refractivity contribution in [2.24, 2.45) is 10.9 Å². The third-order valence-electron chi connectivity index (χ3n) is 4.86. The number of carbonyl (C=O) groups is 3. The van der Waals surface area contributed by atoms with Gasteiger partial charge in [-0.25, -0.2) is 4.79 Å². The topological polar surface area (TPSA) is 108 Å². The van der Waals surface area contributed by atoms with Gasteiger partial charge in [0, 0.05) is 11.3 Å². The molecule has 0 radical (unpaired) electrons. The van der Waals surface area contributed by atoms with E-state index in [9.17, 15) is 19.5 Å². The number of amides is 2. The Hall–Kier alpha value is -3.68. The number of carboxylic acid groups (broad SMARTS) is 1. The van der Waals surface area contributed by atoms with Crippen LogP contribution < -0.4 is 10.2 Å². The highest BCUT2D eigenvalue weighted by molar-refractivity contribution is 6.15. The average molecular weight is 423 g/mol. The number of nitrogens with zero attached hydrogens (tertiary/aromatic N) is 2. The second-order valence-corrected chi connectivity index (χ2v) is 7.57. The van der Waals surface area contributed by atoms with Gasteiger partial charge in [0.1, 0.15) is 13.2 Å². The minimum atomic E-state index is -1.30. The zero-order valence-electron chi connectivity index (χ0n) is 17.7. The lowest BCUT2D eigenvalue weighted by atomic mass is 9.96. The van der Waals surface area contributed by atoms with E-state index in [0.717, 1.165) is 16.0 Å². The molecule has 2 N–H and O–H groups in total. The number of fused-ring (bicyclic) bond motifs is 1. The lowest BCUT2D eigenvalue weighted by Crippen LogP contribution is -2.49. The first kappa shape index (κ1) is 22.0. The largest absolute Gasteiger partial charge is 0.480 e. The van der Waals surface area contributed by atoms with Crippen molar-refractivity contribution >= 4 is 29.4 Å². The van der Waals surface area contributed by atoms with Crippen LogP contribution in [0.3, 0.4) is 0 Å². The van der Waals surface area contributed by atoms with Crippen LogP contribution in [-0.2, 0) is 20.9 Å². The van der Waals surface area contributed by atoms with Crippen LogP contribution in [0.5, 0.6) is 0 Å². The Morgan fingerprint density at radius 1 is 1.16 bits per heavy atom. The molecular weight excluding hydrogens is 398 g/mol. The van der Waals surface area contributed by atoms with Crippen LogP contribution in [0.15, 0.2) is 53.5 Å². The van der Waals surface area contributed by atoms with Crippen molar-refractivity contribution in [1.29, 1.82) is 0 Å². The first-order valence-corrected chi connectivity index (χ1v) is 9.96. The molecule has 8 nitrogen and oxygen atoms in total. The highest BCUT2D eigenvalue weighted by atomic mass is 16.5. The number of aryl methyl sites for hydroxylation is 1. The van der Waals surface area contributed by atoms with Gasteiger partial charge in [-0.1, -0.05) is 62.4 Å². The number of carbonyl (C=O) groups excluding carboxylic acids is 2. The normalized spacial score (nSPS) is 15.7. The molecule has 8 heteroatoms. The summed E-state index contributed by atoms with van der Waals surface area (Å²) in [7, 11) is 0. The van der Waals surface area contributed by atoms with Crippen molar-refractivity contribution in [2.75, 3.05) is 11.4 Å². The fourth-order valence-electron chi connectivity index (χ4n) is 3.47. The van der Waals surface area contributed by atoms with Gasteiger partial charge in [-0.15, -0.1) is 0 Å². The Morgan fingerprint density at radius 2 is 1.87 bits per heavy atom. The third-order valence-corrected chi connectivity index (χ3v) is 4.86. The Kier molecular flexibility index (Phi) is 6.69. The highest BCUT2D eigenvalue weighted by Crippen LogP contribution is 2.31. The number of nitrogens with one attached hydrogen (secondary N) is 1. The molecule has 1 aliphatic heterocycles. The number of alkyl carbamates (subject to hydrolysis) is 1. The number of para-hydroxylation sites is 1. The van der Waals surface area contributed by atoms with Crippen molar-refractivity contribution in [3.8, 4) is 0 Å². The van der Waals surface area contributed by atoms with E-state index >= 15 is 0 Å². The van der Waals surface area contributed by atoms with E-state index in [-0.39, 0.29) is 12.5 Å². The molecule has 0 saturated heterocycles. The van der Waals surface area contributed by atoms with Gasteiger partial charge in [0.05, 0.1) is 5.69 Å². The van der Waals surface area contributed by atoms with Crippen LogP contribution >= 0.6 is 0 Å². The molecule has 2 amide bonds. The van der Waals surface area contributed by atoms with Crippen LogP contribution in [0.2, 0.25) is 0 Å². The first-order valence-electron chi connectivity index (χ1n) is 9.96. The fourth-order valence-corrected chi connectivity index (χ4v) is 3.47. The summed E-state index contributed by atoms with van der Waals surface area (Å²) in [6.07, 6.45) is -2.11. The summed E-state index contributed by atoms with van der Waals surface area (Å²) in [5.41, 5.74) is 3.31. The number of aliphatic carboxylic acids is 1. The predicted octanol–water partition coefficient (Wildman–Crippen LogP) is 3.12. The van der Waals surface area contributed by atoms with E-state index in [1.165, 1.54) is 0 Å². The number of carboxylic acids is 1. The molecule has 0 bridgehead atoms. The Morgan fingerprint density at radius 3 is 2.52 bits per heavy atom. The van der Waals surface area contributed by atoms with Crippen molar-refractivity contribution in [1.82, 2.24) is 5.32 Å². The number of hydrogen-bond acceptors (Lipinski definition) is 5. The Labute approximate surface area is 180 Å². The van der Waals surface area contributed by atoms with Crippen LogP contribution in [0.1, 0.15) is 30.5 Å². The van der Waals surface area contributed by atoms with E-state index < -0.39 is 30.7 Å². The minimum Gasteiger partial charge on any atom is -0.480 e. The fraction of sp³-hybridized carbons (Fsp3) is 0.304. The lowest BCUT2D eigenvalue weighted by molar-refractivity contribution is -0.136. The third kappa shape index (κ3) is 5.09. The van der Waals surface area contributed by atoms with Gasteiger partial charge in [0.2, 0.25) is 6.17 Å². The van der Waals surface area contributed by atoms with Gasteiger partial charge in [0.15, 0.2) is 0 Å². The van der Waals surface area contributed by atoms with Crippen LogP contribution in [0.25, 0.3) is 0 Å². The second kappa shape index (κ2) is 9.42. The van der Waals surface area contributed by atoms with Gasteiger partial charge in [-0.05, 0) is 24.0 Å². The molecule has 0 fully saturated rings. The van der Waals surface area contributed by atoms with Crippen LogP contribution in [0, 0.1) is 12.8 Å². The van der Waals surface area contributed by atoms with Gasteiger partial charge in [-0.3, -0.25) is 24.8 Å². The molecule has 1 aliphatic rings. The quantitative estimate of drug-likeness (QED) is 0.742. The Balaban J connectivity index is 1.92. The van der Waals surface area contributed by atoms with Gasteiger partial charge < -0.3 is 9.84 Å². The molecule has 0 aromatic heterocycles. The van der Waals surface area contributed by atoms with E-state index in [1.807, 2.05) is 50.2 Å². The SMILES string of the molecule is Cc1cccc2c1N(CC(=O)O)C(=O)[C@@H](NC(=O)OCc1ccccc1)N=C2C(C)C. The molecule has 0 saturated carbocycles. The molecule has 1 atom stereocenters. The zero-order valence-corrected chi connectivity index (χ0v) is 17.7. The number of benzene rings is 2. The van der Waals surface area contributed by atoms with Gasteiger partial charge in [0.25, 0.3) is 5.91 Å². The molecule has 162 valence electrons. The lowest BCUT2D eigenvalue weighted by Gasteiger charge is -2.25. The minimum absolute atomic E-state index is 0.0342. The van der Waals surface area contributed by atoms with Gasteiger partial charge >= 0.3 is 12.1 Å². The summed E-state index contributed by atoms with van der Waals surface area (Å²) in [5.74, 6) is -1.87. The maximum absolute atomic E-state index is 13.3. The van der Waals surface area contributed by atoms with Crippen molar-refractivity contribution in [3.05, 3.63) is 65.2 Å². The van der Waals surface area contributed by atoms with Crippen LogP contribution in [-0.4, -0.2) is 41.5 Å². The molecule has 1 heterocycles. The molecule has 0 aliphatic carbocycles. The maximum Gasteiger partial charge on any atom is 0.409 e. The molecule has 2 aromatic carbocycles. The zero-order chi connectivity index (χ0) is 22.5. The molecule has 31 heavy (non-hydrogen) atoms. The van der Waals surface area contributed by atoms with Crippen LogP contribution in [0.4, 0.5) is 10.5 Å². The maximum atomic E-state index is 13.3. The summed E-state index contributed by atoms with van der Waals surface area (Å²) >= 11 is 0. The average Bonchev–Trinajstić information content (AvgIpc) is 2.84. The smallest absolute Gasteiger partial charge is 0.409 e. The number of benzodiazepines with no additional fused rings is 1. The number of aliphatic imine (C=N–C) groups is 1. The van der Waals surface area contributed by atoms with Crippen molar-refractivity contribution < 1.29 is 24.2 Å². The van der Waals surface area contributed by atoms with E-state index in [1.54, 1.807) is 19.1 Å². The summed E-state index contributed by atoms with van der Waals surface area (Å²) in [5, 5.41) is 11.9. The molecule has 2 aromatic rings. The number of hydrogen-bond donors (Lipinski definition) is 2. The number of ether oxygens (including phenoxy) is 1. The van der Waals surface area contributed by atoms with Crippen molar-refractivity contribution in [3.63, 3.8) is 0 Å². The number of anilines is 1. The second-order valence-electron chi connectivity index (χ2n) is 7.57. The molecule has 3 rings (SSSR count). The summed E-state index contributed by atoms with van der Waals surface area (Å²) in [6.45, 7) is 5.14. The first-order chi connectivity index (χ1) is 14.8.